The zero-order valence-corrected chi connectivity index (χ0v) is 39.6. The maximum atomic E-state index is 10.9. The summed E-state index contributed by atoms with van der Waals surface area (Å²) in [6, 6.07) is 0. The van der Waals surface area contributed by atoms with E-state index in [9.17, 15) is 9.59 Å². The van der Waals surface area contributed by atoms with Crippen LogP contribution in [0.4, 0.5) is 0 Å². The topological polar surface area (TPSA) is 74.6 Å². The standard InChI is InChI=1S/C54H106O4/c1-2-3-4-5-6-7-8-9-10-11-12-13-14-15-16-17-18-19-20-21-22-23-24-25-26-27-28-29-30-31-32-33-34-35-36-37-38-39-40-41-42-43-44-45-46-47-48-49-50-51-52(53(55)56)54(57)58/h52H,2-51H2,1H3,(H,55,56)(H,57,58). The minimum absolute atomic E-state index is 0.254. The van der Waals surface area contributed by atoms with Crippen molar-refractivity contribution in [1.29, 1.82) is 0 Å². The van der Waals surface area contributed by atoms with Crippen LogP contribution in [0.15, 0.2) is 0 Å². The molecular weight excluding hydrogens is 713 g/mol. The summed E-state index contributed by atoms with van der Waals surface area (Å²) in [5.74, 6) is -3.65. The van der Waals surface area contributed by atoms with E-state index in [1.165, 1.54) is 295 Å². The van der Waals surface area contributed by atoms with Gasteiger partial charge in [0.25, 0.3) is 0 Å². The van der Waals surface area contributed by atoms with Crippen molar-refractivity contribution in [3.8, 4) is 0 Å². The molecule has 0 aromatic carbocycles. The summed E-state index contributed by atoms with van der Waals surface area (Å²) in [6.45, 7) is 2.31. The van der Waals surface area contributed by atoms with Gasteiger partial charge >= 0.3 is 11.9 Å². The van der Waals surface area contributed by atoms with Crippen molar-refractivity contribution >= 4 is 11.9 Å². The number of unbranched alkanes of at least 4 members (excludes halogenated alkanes) is 48. The van der Waals surface area contributed by atoms with Gasteiger partial charge in [-0.25, -0.2) is 0 Å². The molecule has 0 aromatic rings. The Morgan fingerprint density at radius 2 is 0.362 bits per heavy atom. The predicted octanol–water partition coefficient (Wildman–Crippen LogP) is 19.3. The normalized spacial score (nSPS) is 11.6. The van der Waals surface area contributed by atoms with Crippen LogP contribution in [0.25, 0.3) is 0 Å². The lowest BCUT2D eigenvalue weighted by Gasteiger charge is -2.07. The average molecular weight is 819 g/mol. The van der Waals surface area contributed by atoms with E-state index in [2.05, 4.69) is 6.92 Å². The number of hydrogen-bond donors (Lipinski definition) is 2. The smallest absolute Gasteiger partial charge is 0.317 e. The fraction of sp³-hybridized carbons (Fsp3) is 0.963. The Kier molecular flexibility index (Phi) is 49.4. The molecule has 58 heavy (non-hydrogen) atoms. The lowest BCUT2D eigenvalue weighted by molar-refractivity contribution is -0.154. The van der Waals surface area contributed by atoms with E-state index in [0.29, 0.717) is 6.42 Å². The van der Waals surface area contributed by atoms with Crippen LogP contribution in [0.1, 0.15) is 328 Å². The molecule has 0 fully saturated rings. The zero-order valence-electron chi connectivity index (χ0n) is 39.6. The first kappa shape index (κ1) is 56.9. The van der Waals surface area contributed by atoms with Crippen molar-refractivity contribution in [1.82, 2.24) is 0 Å². The summed E-state index contributed by atoms with van der Waals surface area (Å²) < 4.78 is 0. The van der Waals surface area contributed by atoms with Crippen LogP contribution in [0.2, 0.25) is 0 Å². The van der Waals surface area contributed by atoms with Crippen LogP contribution in [-0.2, 0) is 9.59 Å². The van der Waals surface area contributed by atoms with Crippen molar-refractivity contribution in [3.05, 3.63) is 0 Å². The molecule has 0 atom stereocenters. The molecule has 346 valence electrons. The summed E-state index contributed by atoms with van der Waals surface area (Å²) in [5, 5.41) is 17.8. The second-order valence-corrected chi connectivity index (χ2v) is 19.0. The van der Waals surface area contributed by atoms with Crippen molar-refractivity contribution in [2.24, 2.45) is 5.92 Å². The molecule has 0 aliphatic rings. The van der Waals surface area contributed by atoms with Crippen LogP contribution in [0.5, 0.6) is 0 Å². The minimum Gasteiger partial charge on any atom is -0.481 e. The highest BCUT2D eigenvalue weighted by Crippen LogP contribution is 2.19. The van der Waals surface area contributed by atoms with Crippen molar-refractivity contribution in [2.75, 3.05) is 0 Å². The van der Waals surface area contributed by atoms with Crippen molar-refractivity contribution < 1.29 is 19.8 Å². The van der Waals surface area contributed by atoms with Gasteiger partial charge < -0.3 is 10.2 Å². The molecule has 2 N–H and O–H groups in total. The van der Waals surface area contributed by atoms with Gasteiger partial charge in [0.05, 0.1) is 0 Å². The van der Waals surface area contributed by atoms with Gasteiger partial charge in [-0.3, -0.25) is 9.59 Å². The van der Waals surface area contributed by atoms with Gasteiger partial charge in [-0.2, -0.15) is 0 Å². The molecule has 0 bridgehead atoms. The molecule has 0 heterocycles. The molecule has 0 radical (unpaired) electrons. The van der Waals surface area contributed by atoms with Gasteiger partial charge in [-0.1, -0.05) is 322 Å². The van der Waals surface area contributed by atoms with Crippen LogP contribution < -0.4 is 0 Å². The number of carboxylic acids is 2. The highest BCUT2D eigenvalue weighted by Gasteiger charge is 2.24. The quantitative estimate of drug-likeness (QED) is 0.0473. The van der Waals surface area contributed by atoms with E-state index >= 15 is 0 Å². The Labute approximate surface area is 364 Å². The van der Waals surface area contributed by atoms with Crippen LogP contribution in [-0.4, -0.2) is 22.2 Å². The molecule has 0 rings (SSSR count). The Hall–Kier alpha value is -1.06. The fourth-order valence-electron chi connectivity index (χ4n) is 9.08. The van der Waals surface area contributed by atoms with Crippen LogP contribution in [0.3, 0.4) is 0 Å². The van der Waals surface area contributed by atoms with E-state index in [1.807, 2.05) is 0 Å². The summed E-state index contributed by atoms with van der Waals surface area (Å²) in [6.07, 6.45) is 69.4. The van der Waals surface area contributed by atoms with Crippen molar-refractivity contribution in [3.63, 3.8) is 0 Å². The van der Waals surface area contributed by atoms with E-state index in [4.69, 9.17) is 10.2 Å². The molecule has 0 saturated carbocycles. The third-order valence-electron chi connectivity index (χ3n) is 13.2. The fourth-order valence-corrected chi connectivity index (χ4v) is 9.08. The molecular formula is C54H106O4. The molecule has 0 amide bonds. The predicted molar refractivity (Wildman–Crippen MR) is 255 cm³/mol. The summed E-state index contributed by atoms with van der Waals surface area (Å²) >= 11 is 0. The van der Waals surface area contributed by atoms with Gasteiger partial charge in [0.1, 0.15) is 0 Å². The second kappa shape index (κ2) is 50.3. The van der Waals surface area contributed by atoms with E-state index in [1.54, 1.807) is 0 Å². The lowest BCUT2D eigenvalue weighted by atomic mass is 10.00. The van der Waals surface area contributed by atoms with E-state index < -0.39 is 17.9 Å². The summed E-state index contributed by atoms with van der Waals surface area (Å²) in [7, 11) is 0. The van der Waals surface area contributed by atoms with Gasteiger partial charge in [0.2, 0.25) is 0 Å². The van der Waals surface area contributed by atoms with E-state index in [0.717, 1.165) is 12.8 Å². The maximum Gasteiger partial charge on any atom is 0.317 e. The highest BCUT2D eigenvalue weighted by molar-refractivity contribution is 5.92. The lowest BCUT2D eigenvalue weighted by Crippen LogP contribution is -2.23. The number of aliphatic carboxylic acids is 2. The number of hydrogen-bond acceptors (Lipinski definition) is 2. The van der Waals surface area contributed by atoms with E-state index in [-0.39, 0.29) is 6.42 Å². The number of carbonyl (C=O) groups is 2. The average Bonchev–Trinajstić information content (AvgIpc) is 3.21. The Morgan fingerprint density at radius 3 is 0.483 bits per heavy atom. The Bertz CT molecular complexity index is 782. The molecule has 0 aliphatic heterocycles. The van der Waals surface area contributed by atoms with Crippen LogP contribution >= 0.6 is 0 Å². The molecule has 0 aliphatic carbocycles. The first-order valence-corrected chi connectivity index (χ1v) is 27.0. The largest absolute Gasteiger partial charge is 0.481 e. The molecule has 0 saturated heterocycles. The third kappa shape index (κ3) is 47.6. The first-order chi connectivity index (χ1) is 28.6. The van der Waals surface area contributed by atoms with Gasteiger partial charge in [0, 0.05) is 0 Å². The van der Waals surface area contributed by atoms with Gasteiger partial charge in [-0.05, 0) is 6.42 Å². The number of rotatable bonds is 52. The molecule has 4 nitrogen and oxygen atoms in total. The molecule has 4 heteroatoms. The van der Waals surface area contributed by atoms with Crippen molar-refractivity contribution in [2.45, 2.75) is 328 Å². The maximum absolute atomic E-state index is 10.9. The molecule has 0 unspecified atom stereocenters. The first-order valence-electron chi connectivity index (χ1n) is 27.0. The summed E-state index contributed by atoms with van der Waals surface area (Å²) in [4.78, 5) is 21.8. The SMILES string of the molecule is CCCCCCCCCCCCCCCCCCCCCCCCCCCCCCCCCCCCCCCCCCCCCCCCCCCC(C(=O)O)C(=O)O. The Morgan fingerprint density at radius 1 is 0.241 bits per heavy atom. The van der Waals surface area contributed by atoms with Gasteiger partial charge in [-0.15, -0.1) is 0 Å². The molecule has 0 spiro atoms. The minimum atomic E-state index is -1.23. The molecule has 0 aromatic heterocycles. The van der Waals surface area contributed by atoms with Gasteiger partial charge in [0.15, 0.2) is 5.92 Å². The second-order valence-electron chi connectivity index (χ2n) is 19.0. The number of carboxylic acid groups (broad SMARTS) is 2. The highest BCUT2D eigenvalue weighted by atomic mass is 16.4. The summed E-state index contributed by atoms with van der Waals surface area (Å²) in [5.41, 5.74) is 0. The monoisotopic (exact) mass is 819 g/mol. The third-order valence-corrected chi connectivity index (χ3v) is 13.2. The van der Waals surface area contributed by atoms with Crippen LogP contribution in [0, 0.1) is 5.92 Å². The Balaban J connectivity index is 3.10. The zero-order chi connectivity index (χ0) is 42.1.